The monoisotopic (exact) mass is 286 g/mol. The van der Waals surface area contributed by atoms with E-state index in [0.29, 0.717) is 23.6 Å². The first kappa shape index (κ1) is 14.0. The zero-order valence-corrected chi connectivity index (χ0v) is 13.2. The zero-order chi connectivity index (χ0) is 14.3. The molecule has 3 rings (SSSR count). The molecule has 2 saturated carbocycles. The number of benzene rings is 1. The minimum Gasteiger partial charge on any atom is -0.122 e. The van der Waals surface area contributed by atoms with Crippen molar-refractivity contribution in [3.63, 3.8) is 0 Å². The smallest absolute Gasteiger partial charge is 0.0474 e. The van der Waals surface area contributed by atoms with E-state index >= 15 is 0 Å². The van der Waals surface area contributed by atoms with Crippen LogP contribution in [0.25, 0.3) is 0 Å². The molecule has 0 radical (unpaired) electrons. The molecule has 1 aromatic rings. The number of alkyl halides is 1. The van der Waals surface area contributed by atoms with Crippen molar-refractivity contribution in [3.05, 3.63) is 34.9 Å². The molecule has 2 fully saturated rings. The Morgan fingerprint density at radius 2 is 2.00 bits per heavy atom. The molecule has 0 aromatic heterocycles. The number of hydrogen-bond acceptors (Lipinski definition) is 0. The van der Waals surface area contributed by atoms with Crippen LogP contribution in [-0.2, 0) is 12.3 Å². The molecule has 0 N–H and O–H groups in total. The summed E-state index contributed by atoms with van der Waals surface area (Å²) < 4.78 is 0. The van der Waals surface area contributed by atoms with Crippen molar-refractivity contribution in [1.29, 1.82) is 0 Å². The van der Waals surface area contributed by atoms with Gasteiger partial charge >= 0.3 is 0 Å². The molecule has 0 nitrogen and oxygen atoms in total. The first-order valence-corrected chi connectivity index (χ1v) is 8.36. The van der Waals surface area contributed by atoms with Gasteiger partial charge in [-0.15, -0.1) is 23.9 Å². The van der Waals surface area contributed by atoms with Gasteiger partial charge in [0.25, 0.3) is 0 Å². The molecule has 0 saturated heterocycles. The molecular weight excluding hydrogens is 264 g/mol. The number of terminal acetylenes is 1. The van der Waals surface area contributed by atoms with E-state index in [-0.39, 0.29) is 0 Å². The Morgan fingerprint density at radius 1 is 1.25 bits per heavy atom. The highest BCUT2D eigenvalue weighted by Crippen LogP contribution is 2.58. The highest BCUT2D eigenvalue weighted by Gasteiger charge is 2.50. The number of fused-ring (bicyclic) bond motifs is 2. The molecule has 2 aliphatic rings. The molecule has 0 amide bonds. The summed E-state index contributed by atoms with van der Waals surface area (Å²) in [6.45, 7) is 4.57. The Bertz CT molecular complexity index is 515. The maximum atomic E-state index is 6.06. The molecule has 106 valence electrons. The van der Waals surface area contributed by atoms with Crippen molar-refractivity contribution in [2.45, 2.75) is 44.9 Å². The quantitative estimate of drug-likeness (QED) is 0.542. The van der Waals surface area contributed by atoms with Crippen LogP contribution in [0.4, 0.5) is 0 Å². The third-order valence-corrected chi connectivity index (χ3v) is 5.96. The average molecular weight is 287 g/mol. The van der Waals surface area contributed by atoms with Gasteiger partial charge in [0, 0.05) is 11.8 Å². The number of halogens is 1. The highest BCUT2D eigenvalue weighted by atomic mass is 35.5. The summed E-state index contributed by atoms with van der Waals surface area (Å²) in [5.74, 6) is 7.06. The van der Waals surface area contributed by atoms with Crippen molar-refractivity contribution in [2.24, 2.45) is 23.7 Å². The third-order valence-electron chi connectivity index (χ3n) is 5.66. The molecule has 0 aliphatic heterocycles. The average Bonchev–Trinajstić information content (AvgIpc) is 3.04. The summed E-state index contributed by atoms with van der Waals surface area (Å²) in [5, 5.41) is 0. The van der Waals surface area contributed by atoms with Gasteiger partial charge in [-0.1, -0.05) is 32.0 Å². The Balaban J connectivity index is 1.90. The first-order valence-electron chi connectivity index (χ1n) is 7.82. The lowest BCUT2D eigenvalue weighted by Crippen LogP contribution is -2.24. The van der Waals surface area contributed by atoms with E-state index in [4.69, 9.17) is 18.0 Å². The highest BCUT2D eigenvalue weighted by molar-refractivity contribution is 6.17. The third kappa shape index (κ3) is 2.17. The van der Waals surface area contributed by atoms with Gasteiger partial charge < -0.3 is 0 Å². The van der Waals surface area contributed by atoms with E-state index in [1.54, 1.807) is 0 Å². The molecule has 1 heteroatoms. The van der Waals surface area contributed by atoms with E-state index in [1.807, 2.05) is 0 Å². The van der Waals surface area contributed by atoms with Crippen LogP contribution in [0.1, 0.15) is 49.3 Å². The van der Waals surface area contributed by atoms with E-state index in [0.717, 1.165) is 18.3 Å². The fraction of sp³-hybridized carbons (Fsp3) is 0.579. The van der Waals surface area contributed by atoms with Crippen molar-refractivity contribution in [3.8, 4) is 12.3 Å². The van der Waals surface area contributed by atoms with Gasteiger partial charge in [0.15, 0.2) is 0 Å². The molecule has 1 aromatic carbocycles. The van der Waals surface area contributed by atoms with Crippen molar-refractivity contribution < 1.29 is 0 Å². The van der Waals surface area contributed by atoms with Crippen molar-refractivity contribution in [1.82, 2.24) is 0 Å². The standard InChI is InChI=1S/C19H23Cl/c1-4-13-6-14(11-20)8-15(7-13)19-10-16-9-18(19)12(3)17(16)5-2/h2,6-8,12,16-19H,4,9-11H2,1,3H3. The summed E-state index contributed by atoms with van der Waals surface area (Å²) in [4.78, 5) is 0. The summed E-state index contributed by atoms with van der Waals surface area (Å²) >= 11 is 6.06. The number of rotatable bonds is 3. The second-order valence-electron chi connectivity index (χ2n) is 6.62. The lowest BCUT2D eigenvalue weighted by molar-refractivity contribution is 0.264. The predicted octanol–water partition coefficient (Wildman–Crippen LogP) is 5.00. The van der Waals surface area contributed by atoms with Gasteiger partial charge in [0.1, 0.15) is 0 Å². The Labute approximate surface area is 127 Å². The number of hydrogen-bond donors (Lipinski definition) is 0. The lowest BCUT2D eigenvalue weighted by atomic mass is 9.72. The van der Waals surface area contributed by atoms with Gasteiger partial charge in [-0.25, -0.2) is 0 Å². The SMILES string of the molecule is C#CC1C2CC(c3cc(CC)cc(CCl)c3)C(C2)C1C. The fourth-order valence-electron chi connectivity index (χ4n) is 4.64. The van der Waals surface area contributed by atoms with Crippen LogP contribution in [0, 0.1) is 36.0 Å². The largest absolute Gasteiger partial charge is 0.122 e. The van der Waals surface area contributed by atoms with Crippen molar-refractivity contribution in [2.75, 3.05) is 0 Å². The van der Waals surface area contributed by atoms with Crippen LogP contribution in [0.15, 0.2) is 18.2 Å². The minimum atomic E-state index is 0.512. The van der Waals surface area contributed by atoms with E-state index in [9.17, 15) is 0 Å². The number of aryl methyl sites for hydroxylation is 1. The Morgan fingerprint density at radius 3 is 2.60 bits per heavy atom. The Kier molecular flexibility index (Phi) is 3.83. The second-order valence-corrected chi connectivity index (χ2v) is 6.89. The van der Waals surface area contributed by atoms with E-state index in [2.05, 4.69) is 38.0 Å². The van der Waals surface area contributed by atoms with Crippen LogP contribution < -0.4 is 0 Å². The van der Waals surface area contributed by atoms with Gasteiger partial charge in [0.2, 0.25) is 0 Å². The topological polar surface area (TPSA) is 0 Å². The van der Waals surface area contributed by atoms with Gasteiger partial charge in [-0.3, -0.25) is 0 Å². The van der Waals surface area contributed by atoms with Crippen LogP contribution >= 0.6 is 11.6 Å². The van der Waals surface area contributed by atoms with Crippen LogP contribution in [0.3, 0.4) is 0 Å². The first-order chi connectivity index (χ1) is 9.67. The maximum Gasteiger partial charge on any atom is 0.0474 e. The van der Waals surface area contributed by atoms with E-state index < -0.39 is 0 Å². The lowest BCUT2D eigenvalue weighted by Gasteiger charge is -2.32. The molecule has 2 bridgehead atoms. The molecule has 5 atom stereocenters. The molecule has 2 aliphatic carbocycles. The molecule has 5 unspecified atom stereocenters. The van der Waals surface area contributed by atoms with E-state index in [1.165, 1.54) is 29.5 Å². The molecule has 0 spiro atoms. The van der Waals surface area contributed by atoms with Gasteiger partial charge in [-0.05, 0) is 59.6 Å². The maximum absolute atomic E-state index is 6.06. The molecule has 0 heterocycles. The summed E-state index contributed by atoms with van der Waals surface area (Å²) in [5.41, 5.74) is 4.20. The van der Waals surface area contributed by atoms with Crippen LogP contribution in [0.2, 0.25) is 0 Å². The van der Waals surface area contributed by atoms with Crippen molar-refractivity contribution >= 4 is 11.6 Å². The summed E-state index contributed by atoms with van der Waals surface area (Å²) in [7, 11) is 0. The second kappa shape index (κ2) is 5.45. The summed E-state index contributed by atoms with van der Waals surface area (Å²) in [6, 6.07) is 6.98. The molecular formula is C19H23Cl. The minimum absolute atomic E-state index is 0.512. The van der Waals surface area contributed by atoms with Gasteiger partial charge in [-0.2, -0.15) is 0 Å². The fourth-order valence-corrected chi connectivity index (χ4v) is 4.79. The van der Waals surface area contributed by atoms with Crippen LogP contribution in [-0.4, -0.2) is 0 Å². The zero-order valence-electron chi connectivity index (χ0n) is 12.4. The Hall–Kier alpha value is -0.930. The normalized spacial score (nSPS) is 35.2. The van der Waals surface area contributed by atoms with Gasteiger partial charge in [0.05, 0.1) is 0 Å². The van der Waals surface area contributed by atoms with Crippen LogP contribution in [0.5, 0.6) is 0 Å². The molecule has 20 heavy (non-hydrogen) atoms. The predicted molar refractivity (Wildman–Crippen MR) is 85.8 cm³/mol. The summed E-state index contributed by atoms with van der Waals surface area (Å²) in [6.07, 6.45) is 9.41.